The number of carbonyl (C=O) groups is 1. The maximum Gasteiger partial charge on any atom is 0.416 e. The van der Waals surface area contributed by atoms with Gasteiger partial charge in [0.15, 0.2) is 5.82 Å². The van der Waals surface area contributed by atoms with Crippen molar-refractivity contribution in [2.45, 2.75) is 18.9 Å². The molecule has 0 aliphatic heterocycles. The molecule has 2 aromatic carbocycles. The third kappa shape index (κ3) is 4.70. The molecule has 3 aromatic rings. The first-order valence-corrected chi connectivity index (χ1v) is 8.22. The molecule has 30 heavy (non-hydrogen) atoms. The molecular weight excluding hydrogens is 418 g/mol. The lowest BCUT2D eigenvalue weighted by Crippen LogP contribution is -2.14. The van der Waals surface area contributed by atoms with Gasteiger partial charge in [-0.25, -0.2) is 9.48 Å². The van der Waals surface area contributed by atoms with Crippen LogP contribution >= 0.6 is 0 Å². The van der Waals surface area contributed by atoms with Crippen LogP contribution in [0.25, 0.3) is 0 Å². The van der Waals surface area contributed by atoms with E-state index < -0.39 is 41.7 Å². The topological polar surface area (TPSA) is 80.0 Å². The molecule has 0 saturated heterocycles. The molecule has 0 saturated carbocycles. The van der Waals surface area contributed by atoms with Gasteiger partial charge >= 0.3 is 18.3 Å². The number of hydrogen-bond acceptors (Lipinski definition) is 4. The lowest BCUT2D eigenvalue weighted by Gasteiger charge is -2.15. The van der Waals surface area contributed by atoms with Crippen molar-refractivity contribution in [1.82, 2.24) is 15.0 Å². The molecule has 0 amide bonds. The number of halogens is 6. The Kier molecular flexibility index (Phi) is 5.42. The van der Waals surface area contributed by atoms with Gasteiger partial charge in [-0.15, -0.1) is 5.10 Å². The predicted molar refractivity (Wildman–Crippen MR) is 92.3 cm³/mol. The predicted octanol–water partition coefficient (Wildman–Crippen LogP) is 4.81. The number of anilines is 2. The van der Waals surface area contributed by atoms with Crippen LogP contribution in [0.2, 0.25) is 0 Å². The number of nitrogens with one attached hydrogen (secondary N) is 1. The van der Waals surface area contributed by atoms with Crippen LogP contribution in [0, 0.1) is 0 Å². The van der Waals surface area contributed by atoms with Crippen LogP contribution in [-0.4, -0.2) is 26.1 Å². The van der Waals surface area contributed by atoms with E-state index >= 15 is 0 Å². The van der Waals surface area contributed by atoms with Crippen LogP contribution < -0.4 is 5.32 Å². The molecule has 0 unspecified atom stereocenters. The average Bonchev–Trinajstić information content (AvgIpc) is 3.03. The van der Waals surface area contributed by atoms with Crippen LogP contribution in [0.3, 0.4) is 0 Å². The molecule has 0 radical (unpaired) electrons. The normalized spacial score (nSPS) is 12.1. The van der Waals surface area contributed by atoms with E-state index in [1.54, 1.807) is 30.3 Å². The number of carboxylic acid groups (broad SMARTS) is 1. The zero-order chi connectivity index (χ0) is 22.1. The molecular formula is C18H12F6N4O2. The van der Waals surface area contributed by atoms with E-state index in [1.165, 1.54) is 0 Å². The summed E-state index contributed by atoms with van der Waals surface area (Å²) in [7, 11) is 0. The Morgan fingerprint density at radius 1 is 0.967 bits per heavy atom. The summed E-state index contributed by atoms with van der Waals surface area (Å²) >= 11 is 0. The van der Waals surface area contributed by atoms with Crippen molar-refractivity contribution in [2.75, 3.05) is 5.32 Å². The highest BCUT2D eigenvalue weighted by atomic mass is 19.4. The Labute approximate surface area is 164 Å². The van der Waals surface area contributed by atoms with Crippen molar-refractivity contribution in [3.63, 3.8) is 0 Å². The highest BCUT2D eigenvalue weighted by molar-refractivity contribution is 5.91. The fourth-order valence-corrected chi connectivity index (χ4v) is 2.63. The molecule has 0 aliphatic rings. The molecule has 0 bridgehead atoms. The van der Waals surface area contributed by atoms with E-state index in [1.807, 2.05) is 0 Å². The van der Waals surface area contributed by atoms with Gasteiger partial charge < -0.3 is 10.4 Å². The number of nitrogens with zero attached hydrogens (tertiary/aromatic N) is 3. The Morgan fingerprint density at radius 3 is 2.03 bits per heavy atom. The summed E-state index contributed by atoms with van der Waals surface area (Å²) in [6.45, 7) is -0.581. The number of para-hydroxylation sites is 1. The number of rotatable bonds is 5. The summed E-state index contributed by atoms with van der Waals surface area (Å²) in [5.74, 6) is -1.67. The van der Waals surface area contributed by atoms with Gasteiger partial charge in [0.2, 0.25) is 5.69 Å². The molecule has 1 heterocycles. The first-order valence-electron chi connectivity index (χ1n) is 8.22. The maximum atomic E-state index is 13.1. The van der Waals surface area contributed by atoms with Crippen LogP contribution in [0.15, 0.2) is 48.5 Å². The molecule has 0 spiro atoms. The minimum absolute atomic E-state index is 0.0106. The van der Waals surface area contributed by atoms with Crippen molar-refractivity contribution in [3.8, 4) is 0 Å². The first-order chi connectivity index (χ1) is 13.9. The fourth-order valence-electron chi connectivity index (χ4n) is 2.63. The van der Waals surface area contributed by atoms with Gasteiger partial charge in [-0.05, 0) is 35.9 Å². The van der Waals surface area contributed by atoms with Crippen LogP contribution in [0.4, 0.5) is 37.8 Å². The van der Waals surface area contributed by atoms with Crippen LogP contribution in [0.1, 0.15) is 27.2 Å². The minimum atomic E-state index is -5.00. The summed E-state index contributed by atoms with van der Waals surface area (Å²) < 4.78 is 79.2. The van der Waals surface area contributed by atoms with Crippen molar-refractivity contribution < 1.29 is 36.2 Å². The molecule has 6 nitrogen and oxygen atoms in total. The molecule has 158 valence electrons. The highest BCUT2D eigenvalue weighted by Crippen LogP contribution is 2.36. The standard InChI is InChI=1S/C18H12F6N4O2/c19-17(20,21)11-6-10(7-12(8-11)18(22,23)24)9-28-15(14(16(29)30)26-27-28)25-13-4-2-1-3-5-13/h1-8,25H,9H2,(H,29,30). The zero-order valence-corrected chi connectivity index (χ0v) is 14.8. The quantitative estimate of drug-likeness (QED) is 0.568. The Bertz CT molecular complexity index is 1030. The van der Waals surface area contributed by atoms with E-state index in [4.69, 9.17) is 0 Å². The number of carboxylic acids is 1. The highest BCUT2D eigenvalue weighted by Gasteiger charge is 2.37. The average molecular weight is 430 g/mol. The van der Waals surface area contributed by atoms with Gasteiger partial charge in [-0.2, -0.15) is 26.3 Å². The van der Waals surface area contributed by atoms with Gasteiger partial charge in [0.05, 0.1) is 17.7 Å². The van der Waals surface area contributed by atoms with Crippen molar-refractivity contribution >= 4 is 17.5 Å². The summed E-state index contributed by atoms with van der Waals surface area (Å²) in [5.41, 5.74) is -3.47. The largest absolute Gasteiger partial charge is 0.476 e. The van der Waals surface area contributed by atoms with Crippen molar-refractivity contribution in [2.24, 2.45) is 0 Å². The minimum Gasteiger partial charge on any atom is -0.476 e. The molecule has 0 aliphatic carbocycles. The van der Waals surface area contributed by atoms with Crippen molar-refractivity contribution in [1.29, 1.82) is 0 Å². The second-order valence-corrected chi connectivity index (χ2v) is 6.15. The van der Waals surface area contributed by atoms with E-state index in [9.17, 15) is 36.2 Å². The summed E-state index contributed by atoms with van der Waals surface area (Å²) in [5, 5.41) is 19.0. The second kappa shape index (κ2) is 7.69. The number of alkyl halides is 6. The number of benzene rings is 2. The van der Waals surface area contributed by atoms with Gasteiger partial charge in [0.25, 0.3) is 0 Å². The van der Waals surface area contributed by atoms with E-state index in [-0.39, 0.29) is 17.4 Å². The summed E-state index contributed by atoms with van der Waals surface area (Å²) in [6, 6.07) is 9.23. The Hall–Kier alpha value is -3.57. The van der Waals surface area contributed by atoms with E-state index in [0.29, 0.717) is 17.8 Å². The number of aromatic carboxylic acids is 1. The summed E-state index contributed by atoms with van der Waals surface area (Å²) in [4.78, 5) is 11.4. The molecule has 3 rings (SSSR count). The molecule has 0 fully saturated rings. The third-order valence-corrected chi connectivity index (χ3v) is 3.95. The zero-order valence-electron chi connectivity index (χ0n) is 14.8. The maximum absolute atomic E-state index is 13.1. The molecule has 12 heteroatoms. The monoisotopic (exact) mass is 430 g/mol. The molecule has 1 aromatic heterocycles. The first kappa shape index (κ1) is 21.1. The van der Waals surface area contributed by atoms with E-state index in [0.717, 1.165) is 4.68 Å². The SMILES string of the molecule is O=C(O)c1nnn(Cc2cc(C(F)(F)F)cc(C(F)(F)F)c2)c1Nc1ccccc1. The van der Waals surface area contributed by atoms with Gasteiger partial charge in [0.1, 0.15) is 0 Å². The number of aromatic nitrogens is 3. The van der Waals surface area contributed by atoms with E-state index in [2.05, 4.69) is 15.6 Å². The lowest BCUT2D eigenvalue weighted by atomic mass is 10.0. The Balaban J connectivity index is 2.05. The number of hydrogen-bond donors (Lipinski definition) is 2. The van der Waals surface area contributed by atoms with Crippen molar-refractivity contribution in [3.05, 3.63) is 70.9 Å². The van der Waals surface area contributed by atoms with Crippen LogP contribution in [-0.2, 0) is 18.9 Å². The fraction of sp³-hybridized carbons (Fsp3) is 0.167. The van der Waals surface area contributed by atoms with Gasteiger partial charge in [-0.3, -0.25) is 0 Å². The molecule has 0 atom stereocenters. The van der Waals surface area contributed by atoms with Gasteiger partial charge in [-0.1, -0.05) is 23.4 Å². The van der Waals surface area contributed by atoms with Gasteiger partial charge in [0, 0.05) is 5.69 Å². The third-order valence-electron chi connectivity index (χ3n) is 3.95. The second-order valence-electron chi connectivity index (χ2n) is 6.15. The Morgan fingerprint density at radius 2 is 1.53 bits per heavy atom. The summed E-state index contributed by atoms with van der Waals surface area (Å²) in [6.07, 6.45) is -10.0. The molecule has 2 N–H and O–H groups in total. The smallest absolute Gasteiger partial charge is 0.416 e. The van der Waals surface area contributed by atoms with Crippen LogP contribution in [0.5, 0.6) is 0 Å². The lowest BCUT2D eigenvalue weighted by molar-refractivity contribution is -0.143.